The fraction of sp³-hybridized carbons (Fsp3) is 1.00. The Morgan fingerprint density at radius 2 is 2.06 bits per heavy atom. The number of nitrogens with one attached hydrogen (secondary N) is 1. The van der Waals surface area contributed by atoms with Gasteiger partial charge in [0.1, 0.15) is 0 Å². The molecule has 102 valence electrons. The van der Waals surface area contributed by atoms with Crippen LogP contribution in [0.25, 0.3) is 0 Å². The fourth-order valence-electron chi connectivity index (χ4n) is 2.53. The van der Waals surface area contributed by atoms with Gasteiger partial charge in [-0.1, -0.05) is 19.8 Å². The molecular formula is C14H30N2O. The zero-order valence-corrected chi connectivity index (χ0v) is 11.9. The van der Waals surface area contributed by atoms with Crippen LogP contribution in [0.3, 0.4) is 0 Å². The lowest BCUT2D eigenvalue weighted by Crippen LogP contribution is -2.29. The van der Waals surface area contributed by atoms with Gasteiger partial charge < -0.3 is 15.0 Å². The summed E-state index contributed by atoms with van der Waals surface area (Å²) in [6.45, 7) is 7.33. The van der Waals surface area contributed by atoms with Gasteiger partial charge in [0, 0.05) is 26.2 Å². The van der Waals surface area contributed by atoms with Gasteiger partial charge in [-0.3, -0.25) is 0 Å². The molecule has 0 saturated heterocycles. The molecule has 0 aromatic carbocycles. The van der Waals surface area contributed by atoms with Gasteiger partial charge in [-0.15, -0.1) is 0 Å². The van der Waals surface area contributed by atoms with E-state index >= 15 is 0 Å². The van der Waals surface area contributed by atoms with Crippen LogP contribution < -0.4 is 5.32 Å². The minimum absolute atomic E-state index is 0.820. The second-order valence-electron chi connectivity index (χ2n) is 5.77. The lowest BCUT2D eigenvalue weighted by atomic mass is 9.83. The molecule has 0 aromatic rings. The van der Waals surface area contributed by atoms with Crippen molar-refractivity contribution in [1.82, 2.24) is 10.2 Å². The van der Waals surface area contributed by atoms with Gasteiger partial charge in [-0.25, -0.2) is 0 Å². The van der Waals surface area contributed by atoms with E-state index in [1.807, 2.05) is 0 Å². The van der Waals surface area contributed by atoms with E-state index in [4.69, 9.17) is 4.74 Å². The van der Waals surface area contributed by atoms with E-state index < -0.39 is 0 Å². The van der Waals surface area contributed by atoms with Crippen molar-refractivity contribution in [1.29, 1.82) is 0 Å². The predicted molar refractivity (Wildman–Crippen MR) is 73.4 cm³/mol. The molecule has 0 heterocycles. The summed E-state index contributed by atoms with van der Waals surface area (Å²) in [6.07, 6.45) is 5.56. The molecule has 3 nitrogen and oxygen atoms in total. The zero-order valence-electron chi connectivity index (χ0n) is 11.9. The van der Waals surface area contributed by atoms with Crippen molar-refractivity contribution in [3.63, 3.8) is 0 Å². The summed E-state index contributed by atoms with van der Waals surface area (Å²) in [4.78, 5) is 2.19. The first kappa shape index (κ1) is 14.9. The van der Waals surface area contributed by atoms with E-state index in [1.165, 1.54) is 25.7 Å². The molecule has 0 spiro atoms. The molecule has 1 aliphatic carbocycles. The third-order valence-electron chi connectivity index (χ3n) is 3.56. The van der Waals surface area contributed by atoms with Crippen LogP contribution in [0.4, 0.5) is 0 Å². The summed E-state index contributed by atoms with van der Waals surface area (Å²) < 4.78 is 5.75. The maximum absolute atomic E-state index is 5.75. The minimum Gasteiger partial charge on any atom is -0.380 e. The van der Waals surface area contributed by atoms with Crippen LogP contribution in [-0.2, 0) is 4.74 Å². The maximum atomic E-state index is 5.75. The Kier molecular flexibility index (Phi) is 7.82. The van der Waals surface area contributed by atoms with Gasteiger partial charge in [0.25, 0.3) is 0 Å². The molecule has 0 radical (unpaired) electrons. The number of ether oxygens (including phenoxy) is 1. The molecule has 1 rings (SSSR count). The Morgan fingerprint density at radius 1 is 1.24 bits per heavy atom. The first-order chi connectivity index (χ1) is 8.18. The SMILES string of the molecule is CC1CCCC(COCCNCCN(C)C)C1. The van der Waals surface area contributed by atoms with Crippen LogP contribution in [0.1, 0.15) is 32.6 Å². The second kappa shape index (κ2) is 8.90. The molecule has 1 N–H and O–H groups in total. The normalized spacial score (nSPS) is 25.4. The molecule has 1 saturated carbocycles. The van der Waals surface area contributed by atoms with Gasteiger partial charge >= 0.3 is 0 Å². The van der Waals surface area contributed by atoms with Gasteiger partial charge in [-0.2, -0.15) is 0 Å². The number of nitrogens with zero attached hydrogens (tertiary/aromatic N) is 1. The Hall–Kier alpha value is -0.120. The first-order valence-corrected chi connectivity index (χ1v) is 7.11. The highest BCUT2D eigenvalue weighted by atomic mass is 16.5. The topological polar surface area (TPSA) is 24.5 Å². The Bertz CT molecular complexity index is 185. The molecule has 3 heteroatoms. The number of hydrogen-bond donors (Lipinski definition) is 1. The minimum atomic E-state index is 0.820. The predicted octanol–water partition coefficient (Wildman–Crippen LogP) is 1.98. The van der Waals surface area contributed by atoms with E-state index in [0.717, 1.165) is 44.7 Å². The van der Waals surface area contributed by atoms with E-state index in [-0.39, 0.29) is 0 Å². The highest BCUT2D eigenvalue weighted by Gasteiger charge is 2.18. The number of rotatable bonds is 8. The quantitative estimate of drug-likeness (QED) is 0.659. The molecule has 0 aromatic heterocycles. The Labute approximate surface area is 107 Å². The van der Waals surface area contributed by atoms with Crippen molar-refractivity contribution in [2.45, 2.75) is 32.6 Å². The molecular weight excluding hydrogens is 212 g/mol. The number of likely N-dealkylation sites (N-methyl/N-ethyl adjacent to an activating group) is 1. The molecule has 2 atom stereocenters. The molecule has 0 aliphatic heterocycles. The van der Waals surface area contributed by atoms with Crippen LogP contribution in [0.15, 0.2) is 0 Å². The van der Waals surface area contributed by atoms with E-state index in [1.54, 1.807) is 0 Å². The molecule has 0 bridgehead atoms. The highest BCUT2D eigenvalue weighted by molar-refractivity contribution is 4.70. The lowest BCUT2D eigenvalue weighted by molar-refractivity contribution is 0.0779. The summed E-state index contributed by atoms with van der Waals surface area (Å²) in [7, 11) is 4.20. The fourth-order valence-corrected chi connectivity index (χ4v) is 2.53. The Balaban J connectivity index is 1.86. The smallest absolute Gasteiger partial charge is 0.0591 e. The first-order valence-electron chi connectivity index (χ1n) is 7.11. The van der Waals surface area contributed by atoms with E-state index in [2.05, 4.69) is 31.2 Å². The van der Waals surface area contributed by atoms with Crippen LogP contribution in [0.5, 0.6) is 0 Å². The monoisotopic (exact) mass is 242 g/mol. The molecule has 1 aliphatic rings. The van der Waals surface area contributed by atoms with Crippen molar-refractivity contribution in [2.24, 2.45) is 11.8 Å². The average molecular weight is 242 g/mol. The van der Waals surface area contributed by atoms with Crippen LogP contribution in [0.2, 0.25) is 0 Å². The van der Waals surface area contributed by atoms with E-state index in [9.17, 15) is 0 Å². The highest BCUT2D eigenvalue weighted by Crippen LogP contribution is 2.28. The van der Waals surface area contributed by atoms with E-state index in [0.29, 0.717) is 0 Å². The second-order valence-corrected chi connectivity index (χ2v) is 5.77. The van der Waals surface area contributed by atoms with Gasteiger partial charge in [0.05, 0.1) is 6.61 Å². The largest absolute Gasteiger partial charge is 0.380 e. The molecule has 17 heavy (non-hydrogen) atoms. The van der Waals surface area contributed by atoms with Gasteiger partial charge in [0.2, 0.25) is 0 Å². The zero-order chi connectivity index (χ0) is 12.5. The third kappa shape index (κ3) is 7.74. The maximum Gasteiger partial charge on any atom is 0.0591 e. The summed E-state index contributed by atoms with van der Waals surface area (Å²) >= 11 is 0. The number of hydrogen-bond acceptors (Lipinski definition) is 3. The summed E-state index contributed by atoms with van der Waals surface area (Å²) in [5, 5.41) is 3.40. The molecule has 0 amide bonds. The summed E-state index contributed by atoms with van der Waals surface area (Å²) in [5.74, 6) is 1.73. The van der Waals surface area contributed by atoms with Crippen molar-refractivity contribution < 1.29 is 4.74 Å². The summed E-state index contributed by atoms with van der Waals surface area (Å²) in [6, 6.07) is 0. The van der Waals surface area contributed by atoms with Crippen molar-refractivity contribution in [3.8, 4) is 0 Å². The Morgan fingerprint density at radius 3 is 2.76 bits per heavy atom. The van der Waals surface area contributed by atoms with Crippen molar-refractivity contribution in [3.05, 3.63) is 0 Å². The van der Waals surface area contributed by atoms with Gasteiger partial charge in [-0.05, 0) is 38.8 Å². The lowest BCUT2D eigenvalue weighted by Gasteiger charge is -2.26. The summed E-state index contributed by atoms with van der Waals surface area (Å²) in [5.41, 5.74) is 0. The molecule has 1 fully saturated rings. The third-order valence-corrected chi connectivity index (χ3v) is 3.56. The molecule has 2 unspecified atom stereocenters. The standard InChI is InChI=1S/C14H30N2O/c1-13-5-4-6-14(11-13)12-17-10-8-15-7-9-16(2)3/h13-15H,4-12H2,1-3H3. The van der Waals surface area contributed by atoms with Gasteiger partial charge in [0.15, 0.2) is 0 Å². The van der Waals surface area contributed by atoms with Crippen molar-refractivity contribution in [2.75, 3.05) is 46.9 Å². The van der Waals surface area contributed by atoms with Crippen LogP contribution in [0, 0.1) is 11.8 Å². The van der Waals surface area contributed by atoms with Crippen LogP contribution >= 0.6 is 0 Å². The van der Waals surface area contributed by atoms with Crippen molar-refractivity contribution >= 4 is 0 Å². The van der Waals surface area contributed by atoms with Crippen LogP contribution in [-0.4, -0.2) is 51.8 Å². The average Bonchev–Trinajstić information content (AvgIpc) is 2.27.